The predicted molar refractivity (Wildman–Crippen MR) is 116 cm³/mol. The van der Waals surface area contributed by atoms with Gasteiger partial charge in [-0.3, -0.25) is 0 Å². The number of benzene rings is 1. The lowest BCUT2D eigenvalue weighted by molar-refractivity contribution is 0.102. The molecule has 4 heterocycles. The van der Waals surface area contributed by atoms with Crippen LogP contribution in [-0.4, -0.2) is 66.1 Å². The number of methoxy groups -OCH3 is 1. The average Bonchev–Trinajstić information content (AvgIpc) is 3.44. The quantitative estimate of drug-likeness (QED) is 0.556. The monoisotopic (exact) mass is 459 g/mol. The number of halogens is 1. The zero-order valence-corrected chi connectivity index (χ0v) is 18.4. The van der Waals surface area contributed by atoms with Gasteiger partial charge in [-0.05, 0) is 31.3 Å². The molecule has 2 bridgehead atoms. The van der Waals surface area contributed by atoms with Gasteiger partial charge in [0.05, 0.1) is 36.4 Å². The molecule has 2 N–H and O–H groups in total. The lowest BCUT2D eigenvalue weighted by Crippen LogP contribution is -2.59. The van der Waals surface area contributed by atoms with E-state index in [0.29, 0.717) is 43.6 Å². The van der Waals surface area contributed by atoms with Crippen LogP contribution in [0.3, 0.4) is 0 Å². The fourth-order valence-electron chi connectivity index (χ4n) is 4.18. The van der Waals surface area contributed by atoms with Crippen LogP contribution >= 0.6 is 11.3 Å². The molecule has 2 aliphatic rings. The highest BCUT2D eigenvalue weighted by molar-refractivity contribution is 7.15. The third-order valence-electron chi connectivity index (χ3n) is 5.60. The van der Waals surface area contributed by atoms with Crippen molar-refractivity contribution in [3.63, 3.8) is 0 Å². The predicted octanol–water partition coefficient (Wildman–Crippen LogP) is 2.48. The molecule has 0 radical (unpaired) electrons. The first kappa shape index (κ1) is 20.6. The van der Waals surface area contributed by atoms with Gasteiger partial charge in [0.25, 0.3) is 0 Å². The van der Waals surface area contributed by atoms with E-state index in [4.69, 9.17) is 14.2 Å². The van der Waals surface area contributed by atoms with E-state index >= 15 is 0 Å². The number of anilines is 2. The Balaban J connectivity index is 1.49. The maximum atomic E-state index is 13.3. The first-order chi connectivity index (χ1) is 15.6. The number of fused-ring (bicyclic) bond motifs is 4. The first-order valence-corrected chi connectivity index (χ1v) is 11.0. The molecule has 0 aliphatic carbocycles. The van der Waals surface area contributed by atoms with Gasteiger partial charge in [-0.15, -0.1) is 0 Å². The molecule has 1 aromatic carbocycles. The number of nitrogens with one attached hydrogen (secondary N) is 2. The molecule has 1 amide bonds. The molecule has 168 valence electrons. The Labute approximate surface area is 187 Å². The minimum absolute atomic E-state index is 0.0962. The summed E-state index contributed by atoms with van der Waals surface area (Å²) in [6.45, 7) is 1.47. The third-order valence-corrected chi connectivity index (χ3v) is 6.76. The van der Waals surface area contributed by atoms with Gasteiger partial charge in [0.15, 0.2) is 5.13 Å². The van der Waals surface area contributed by atoms with E-state index in [-0.39, 0.29) is 24.0 Å². The molecular weight excluding hydrogens is 437 g/mol. The lowest BCUT2D eigenvalue weighted by Gasteiger charge is -2.47. The van der Waals surface area contributed by atoms with E-state index in [0.717, 1.165) is 15.7 Å². The summed E-state index contributed by atoms with van der Waals surface area (Å²) in [4.78, 5) is 26.4. The van der Waals surface area contributed by atoms with Crippen molar-refractivity contribution >= 4 is 28.6 Å². The van der Waals surface area contributed by atoms with E-state index < -0.39 is 0 Å². The summed E-state index contributed by atoms with van der Waals surface area (Å²) in [5.74, 6) is 0.0562. The van der Waals surface area contributed by atoms with Crippen molar-refractivity contribution < 1.29 is 18.4 Å². The average molecular weight is 460 g/mol. The summed E-state index contributed by atoms with van der Waals surface area (Å²) < 4.78 is 23.9. The van der Waals surface area contributed by atoms with Crippen LogP contribution in [0.4, 0.5) is 20.3 Å². The summed E-state index contributed by atoms with van der Waals surface area (Å²) in [6.07, 6.45) is 0.268. The van der Waals surface area contributed by atoms with Crippen molar-refractivity contribution in [3.05, 3.63) is 40.7 Å². The number of hydrogen-bond donors (Lipinski definition) is 2. The number of thiazole rings is 1. The van der Waals surface area contributed by atoms with Crippen LogP contribution in [0.5, 0.6) is 0 Å². The molecule has 3 aromatic rings. The normalized spacial score (nSPS) is 19.6. The molecule has 1 fully saturated rings. The fourth-order valence-corrected chi connectivity index (χ4v) is 5.26. The van der Waals surface area contributed by atoms with Crippen molar-refractivity contribution in [2.75, 3.05) is 44.1 Å². The van der Waals surface area contributed by atoms with Gasteiger partial charge in [0.1, 0.15) is 5.82 Å². The minimum atomic E-state index is -0.362. The number of carbonyl (C=O) groups excluding carboxylic acids is 1. The van der Waals surface area contributed by atoms with Gasteiger partial charge < -0.3 is 29.7 Å². The molecule has 1 saturated heterocycles. The van der Waals surface area contributed by atoms with E-state index in [1.807, 2.05) is 7.05 Å². The summed E-state index contributed by atoms with van der Waals surface area (Å²) in [6, 6.07) is 6.02. The number of aromatic nitrogens is 3. The number of hydrogen-bond acceptors (Lipinski definition) is 10. The van der Waals surface area contributed by atoms with Crippen LogP contribution in [0.2, 0.25) is 0 Å². The Kier molecular flexibility index (Phi) is 5.39. The van der Waals surface area contributed by atoms with Crippen molar-refractivity contribution in [1.82, 2.24) is 25.3 Å². The number of piperazine rings is 1. The first-order valence-electron chi connectivity index (χ1n) is 10.2. The number of nitrogens with zero attached hydrogens (tertiary/aromatic N) is 5. The topological polar surface area (TPSA) is 109 Å². The second-order valence-electron chi connectivity index (χ2n) is 7.60. The molecule has 0 saturated carbocycles. The smallest absolute Gasteiger partial charge is 0.409 e. The summed E-state index contributed by atoms with van der Waals surface area (Å²) in [5, 5.41) is 11.2. The highest BCUT2D eigenvalue weighted by Gasteiger charge is 2.46. The summed E-state index contributed by atoms with van der Waals surface area (Å²) >= 11 is 1.55. The van der Waals surface area contributed by atoms with E-state index in [9.17, 15) is 9.18 Å². The Hall–Kier alpha value is -3.25. The van der Waals surface area contributed by atoms with Crippen molar-refractivity contribution in [2.45, 2.75) is 18.5 Å². The lowest BCUT2D eigenvalue weighted by atomic mass is 9.94. The van der Waals surface area contributed by atoms with Gasteiger partial charge in [-0.1, -0.05) is 16.5 Å². The molecule has 2 aliphatic heterocycles. The maximum absolute atomic E-state index is 13.3. The van der Waals surface area contributed by atoms with Gasteiger partial charge in [0, 0.05) is 25.1 Å². The Morgan fingerprint density at radius 1 is 1.31 bits per heavy atom. The minimum Gasteiger partial charge on any atom is -0.453 e. The molecule has 2 unspecified atom stereocenters. The van der Waals surface area contributed by atoms with Crippen molar-refractivity contribution in [2.24, 2.45) is 0 Å². The van der Waals surface area contributed by atoms with Gasteiger partial charge in [0.2, 0.25) is 5.82 Å². The summed E-state index contributed by atoms with van der Waals surface area (Å²) in [7, 11) is 3.24. The van der Waals surface area contributed by atoms with Crippen LogP contribution < -0.4 is 15.5 Å². The molecule has 2 aromatic heterocycles. The second-order valence-corrected chi connectivity index (χ2v) is 8.63. The number of amides is 1. The third kappa shape index (κ3) is 3.65. The molecule has 5 rings (SSSR count). The van der Waals surface area contributed by atoms with E-state index in [1.165, 1.54) is 19.2 Å². The maximum Gasteiger partial charge on any atom is 0.409 e. The van der Waals surface area contributed by atoms with Crippen LogP contribution in [0.25, 0.3) is 11.4 Å². The molecule has 2 atom stereocenters. The van der Waals surface area contributed by atoms with Gasteiger partial charge >= 0.3 is 12.1 Å². The largest absolute Gasteiger partial charge is 0.453 e. The van der Waals surface area contributed by atoms with E-state index in [2.05, 4.69) is 25.7 Å². The van der Waals surface area contributed by atoms with Crippen LogP contribution in [0.1, 0.15) is 16.6 Å². The van der Waals surface area contributed by atoms with Crippen molar-refractivity contribution in [3.8, 4) is 11.4 Å². The number of carbonyl (C=O) groups is 1. The Morgan fingerprint density at radius 2 is 2.12 bits per heavy atom. The van der Waals surface area contributed by atoms with Gasteiger partial charge in [-0.2, -0.15) is 4.98 Å². The second kappa shape index (κ2) is 8.36. The van der Waals surface area contributed by atoms with Crippen molar-refractivity contribution in [1.29, 1.82) is 0 Å². The molecule has 0 spiro atoms. The highest BCUT2D eigenvalue weighted by atomic mass is 32.1. The number of rotatable bonds is 5. The van der Waals surface area contributed by atoms with E-state index in [1.54, 1.807) is 28.4 Å². The molecule has 32 heavy (non-hydrogen) atoms. The standard InChI is InChI=1S/C20H22FN7O3S/c1-22-10-23-18-24-14-7-13-8-27(20(29)30-2)9-15(16(14)32-18)28(13)19-25-17(26-31-19)11-3-5-12(21)6-4-11/h3-6,13,15,22H,7-10H2,1-2H3,(H,23,24). The fraction of sp³-hybridized carbons (Fsp3) is 0.400. The Morgan fingerprint density at radius 3 is 2.88 bits per heavy atom. The number of ether oxygens (including phenoxy) is 1. The molecular formula is C20H22FN7O3S. The Bertz CT molecular complexity index is 1120. The van der Waals surface area contributed by atoms with Crippen LogP contribution in [-0.2, 0) is 11.2 Å². The van der Waals surface area contributed by atoms with Gasteiger partial charge in [-0.25, -0.2) is 14.2 Å². The summed E-state index contributed by atoms with van der Waals surface area (Å²) in [5.41, 5.74) is 1.68. The SMILES string of the molecule is CNCNc1nc2c(s1)C1CN(C(=O)OC)CC(C2)N1c1nc(-c2ccc(F)cc2)no1. The van der Waals surface area contributed by atoms with Crippen LogP contribution in [0, 0.1) is 5.82 Å². The molecule has 12 heteroatoms. The van der Waals surface area contributed by atoms with Crippen LogP contribution in [0.15, 0.2) is 28.8 Å². The highest BCUT2D eigenvalue weighted by Crippen LogP contribution is 2.44. The molecule has 10 nitrogen and oxygen atoms in total. The zero-order valence-electron chi connectivity index (χ0n) is 17.5. The zero-order chi connectivity index (χ0) is 22.2.